The predicted octanol–water partition coefficient (Wildman–Crippen LogP) is 0.512. The van der Waals surface area contributed by atoms with Crippen molar-refractivity contribution in [1.29, 1.82) is 0 Å². The Hall–Kier alpha value is -0.660. The average molecular weight is 276 g/mol. The lowest BCUT2D eigenvalue weighted by Gasteiger charge is -2.33. The van der Waals surface area contributed by atoms with Gasteiger partial charge in [-0.25, -0.2) is 0 Å². The Kier molecular flexibility index (Phi) is 3.93. The van der Waals surface area contributed by atoms with E-state index in [1.807, 2.05) is 0 Å². The molecular weight excluding hydrogens is 256 g/mol. The van der Waals surface area contributed by atoms with Crippen molar-refractivity contribution in [2.24, 2.45) is 5.92 Å². The standard InChI is InChI=1S/C11H20N2O4S/c1-9-4-6-12(7-5-9)18(16,17)13(8-11(14)15)10-2-3-10/h9-10H,2-8H2,1H3,(H,14,15). The molecule has 1 aliphatic heterocycles. The Morgan fingerprint density at radius 3 is 2.28 bits per heavy atom. The molecule has 0 aromatic rings. The summed E-state index contributed by atoms with van der Waals surface area (Å²) in [4.78, 5) is 10.8. The van der Waals surface area contributed by atoms with Gasteiger partial charge in [-0.15, -0.1) is 0 Å². The van der Waals surface area contributed by atoms with Gasteiger partial charge in [-0.05, 0) is 31.6 Å². The Bertz CT molecular complexity index is 411. The van der Waals surface area contributed by atoms with E-state index in [1.165, 1.54) is 4.31 Å². The van der Waals surface area contributed by atoms with Gasteiger partial charge in [0.25, 0.3) is 10.2 Å². The zero-order valence-corrected chi connectivity index (χ0v) is 11.4. The van der Waals surface area contributed by atoms with Crippen molar-refractivity contribution in [3.63, 3.8) is 0 Å². The van der Waals surface area contributed by atoms with Crippen molar-refractivity contribution >= 4 is 16.2 Å². The minimum Gasteiger partial charge on any atom is -0.480 e. The first-order chi connectivity index (χ1) is 8.41. The Labute approximate surface area is 108 Å². The van der Waals surface area contributed by atoms with Crippen LogP contribution in [0, 0.1) is 5.92 Å². The van der Waals surface area contributed by atoms with E-state index in [-0.39, 0.29) is 6.04 Å². The molecule has 1 aliphatic carbocycles. The van der Waals surface area contributed by atoms with Gasteiger partial charge in [-0.2, -0.15) is 17.0 Å². The van der Waals surface area contributed by atoms with Gasteiger partial charge in [0.15, 0.2) is 0 Å². The van der Waals surface area contributed by atoms with Crippen LogP contribution >= 0.6 is 0 Å². The summed E-state index contributed by atoms with van der Waals surface area (Å²) in [5.41, 5.74) is 0. The maximum Gasteiger partial charge on any atom is 0.318 e. The SMILES string of the molecule is CC1CCN(S(=O)(=O)N(CC(=O)O)C2CC2)CC1. The van der Waals surface area contributed by atoms with E-state index >= 15 is 0 Å². The van der Waals surface area contributed by atoms with E-state index in [0.29, 0.717) is 19.0 Å². The third-order valence-corrected chi connectivity index (χ3v) is 5.65. The molecule has 2 aliphatic rings. The van der Waals surface area contributed by atoms with Crippen molar-refractivity contribution in [3.05, 3.63) is 0 Å². The third-order valence-electron chi connectivity index (χ3n) is 3.61. The second kappa shape index (κ2) is 5.14. The molecule has 7 heteroatoms. The first kappa shape index (κ1) is 13.8. The molecule has 2 fully saturated rings. The van der Waals surface area contributed by atoms with Crippen LogP contribution in [0.15, 0.2) is 0 Å². The fourth-order valence-electron chi connectivity index (χ4n) is 2.26. The van der Waals surface area contributed by atoms with E-state index in [1.54, 1.807) is 0 Å². The fraction of sp³-hybridized carbons (Fsp3) is 0.909. The Morgan fingerprint density at radius 1 is 1.28 bits per heavy atom. The summed E-state index contributed by atoms with van der Waals surface area (Å²) in [5, 5.41) is 8.84. The molecule has 0 bridgehead atoms. The molecule has 0 unspecified atom stereocenters. The van der Waals surface area contributed by atoms with Gasteiger partial charge in [0.2, 0.25) is 0 Å². The number of carboxylic acids is 1. The number of rotatable bonds is 5. The van der Waals surface area contributed by atoms with Crippen LogP contribution in [0.3, 0.4) is 0 Å². The fourth-order valence-corrected chi connectivity index (χ4v) is 4.09. The second-order valence-corrected chi connectivity index (χ2v) is 7.14. The number of nitrogens with zero attached hydrogens (tertiary/aromatic N) is 2. The number of hydrogen-bond donors (Lipinski definition) is 1. The third kappa shape index (κ3) is 3.02. The zero-order chi connectivity index (χ0) is 13.3. The topological polar surface area (TPSA) is 77.9 Å². The average Bonchev–Trinajstić information content (AvgIpc) is 3.10. The number of hydrogen-bond acceptors (Lipinski definition) is 3. The van der Waals surface area contributed by atoms with E-state index in [9.17, 15) is 13.2 Å². The molecule has 0 atom stereocenters. The highest BCUT2D eigenvalue weighted by molar-refractivity contribution is 7.86. The monoisotopic (exact) mass is 276 g/mol. The Morgan fingerprint density at radius 2 is 1.83 bits per heavy atom. The molecule has 1 N–H and O–H groups in total. The van der Waals surface area contributed by atoms with Crippen LogP contribution < -0.4 is 0 Å². The highest BCUT2D eigenvalue weighted by Crippen LogP contribution is 2.31. The molecular formula is C11H20N2O4S. The summed E-state index contributed by atoms with van der Waals surface area (Å²) in [5.74, 6) is -0.541. The van der Waals surface area contributed by atoms with Gasteiger partial charge in [0, 0.05) is 19.1 Å². The highest BCUT2D eigenvalue weighted by atomic mass is 32.2. The van der Waals surface area contributed by atoms with Crippen molar-refractivity contribution in [3.8, 4) is 0 Å². The normalized spacial score (nSPS) is 23.4. The first-order valence-corrected chi connectivity index (χ1v) is 7.79. The van der Waals surface area contributed by atoms with Gasteiger partial charge in [-0.1, -0.05) is 6.92 Å². The zero-order valence-electron chi connectivity index (χ0n) is 10.6. The van der Waals surface area contributed by atoms with Crippen molar-refractivity contribution in [1.82, 2.24) is 8.61 Å². The summed E-state index contributed by atoms with van der Waals surface area (Å²) in [6.07, 6.45) is 3.25. The maximum atomic E-state index is 12.4. The van der Waals surface area contributed by atoms with Crippen LogP contribution in [0.1, 0.15) is 32.6 Å². The summed E-state index contributed by atoms with van der Waals surface area (Å²) in [6, 6.07) is -0.106. The van der Waals surface area contributed by atoms with Gasteiger partial charge < -0.3 is 5.11 Å². The van der Waals surface area contributed by atoms with Crippen LogP contribution in [0.5, 0.6) is 0 Å². The van der Waals surface area contributed by atoms with E-state index in [2.05, 4.69) is 6.92 Å². The van der Waals surface area contributed by atoms with Crippen LogP contribution in [0.4, 0.5) is 0 Å². The molecule has 6 nitrogen and oxygen atoms in total. The van der Waals surface area contributed by atoms with Crippen LogP contribution in [-0.4, -0.2) is 53.8 Å². The van der Waals surface area contributed by atoms with Gasteiger partial charge in [-0.3, -0.25) is 4.79 Å². The van der Waals surface area contributed by atoms with Gasteiger partial charge >= 0.3 is 5.97 Å². The lowest BCUT2D eigenvalue weighted by atomic mass is 10.0. The van der Waals surface area contributed by atoms with Crippen LogP contribution in [0.25, 0.3) is 0 Å². The largest absolute Gasteiger partial charge is 0.480 e. The molecule has 104 valence electrons. The molecule has 2 rings (SSSR count). The summed E-state index contributed by atoms with van der Waals surface area (Å²) < 4.78 is 27.4. The van der Waals surface area contributed by atoms with Gasteiger partial charge in [0.1, 0.15) is 6.54 Å². The minimum absolute atomic E-state index is 0.106. The molecule has 0 aromatic carbocycles. The molecule has 0 amide bonds. The second-order valence-electron chi connectivity index (χ2n) is 5.26. The number of piperidine rings is 1. The quantitative estimate of drug-likeness (QED) is 0.793. The highest BCUT2D eigenvalue weighted by Gasteiger charge is 2.42. The van der Waals surface area contributed by atoms with Crippen LogP contribution in [0.2, 0.25) is 0 Å². The van der Waals surface area contributed by atoms with Crippen molar-refractivity contribution in [2.75, 3.05) is 19.6 Å². The first-order valence-electron chi connectivity index (χ1n) is 6.40. The summed E-state index contributed by atoms with van der Waals surface area (Å²) in [7, 11) is -3.59. The molecule has 0 radical (unpaired) electrons. The lowest BCUT2D eigenvalue weighted by molar-refractivity contribution is -0.137. The Balaban J connectivity index is 2.09. The van der Waals surface area contributed by atoms with Gasteiger partial charge in [0.05, 0.1) is 0 Å². The molecule has 1 heterocycles. The van der Waals surface area contributed by atoms with E-state index in [0.717, 1.165) is 30.0 Å². The minimum atomic E-state index is -3.59. The lowest BCUT2D eigenvalue weighted by Crippen LogP contribution is -2.49. The molecule has 0 aromatic heterocycles. The van der Waals surface area contributed by atoms with E-state index < -0.39 is 22.7 Å². The van der Waals surface area contributed by atoms with Crippen molar-refractivity contribution in [2.45, 2.75) is 38.6 Å². The smallest absolute Gasteiger partial charge is 0.318 e. The molecule has 1 saturated carbocycles. The number of aliphatic carboxylic acids is 1. The maximum absolute atomic E-state index is 12.4. The molecule has 1 saturated heterocycles. The van der Waals surface area contributed by atoms with Crippen molar-refractivity contribution < 1.29 is 18.3 Å². The molecule has 18 heavy (non-hydrogen) atoms. The summed E-state index contributed by atoms with van der Waals surface area (Å²) in [6.45, 7) is 2.71. The summed E-state index contributed by atoms with van der Waals surface area (Å²) >= 11 is 0. The number of carbonyl (C=O) groups is 1. The number of carboxylic acid groups (broad SMARTS) is 1. The van der Waals surface area contributed by atoms with E-state index in [4.69, 9.17) is 5.11 Å². The van der Waals surface area contributed by atoms with Crippen LogP contribution in [-0.2, 0) is 15.0 Å². The predicted molar refractivity (Wildman–Crippen MR) is 66.3 cm³/mol. The molecule has 0 spiro atoms.